The van der Waals surface area contributed by atoms with E-state index in [4.69, 9.17) is 11.6 Å². The Morgan fingerprint density at radius 3 is 2.59 bits per heavy atom. The quantitative estimate of drug-likeness (QED) is 0.757. The monoisotopic (exact) mass is 253 g/mol. The molecule has 1 nitrogen and oxygen atoms in total. The summed E-state index contributed by atoms with van der Waals surface area (Å²) in [5.74, 6) is -1.75. The van der Waals surface area contributed by atoms with Gasteiger partial charge < -0.3 is 0 Å². The smallest absolute Gasteiger partial charge is 0.159 e. The van der Waals surface area contributed by atoms with Crippen LogP contribution in [0.3, 0.4) is 0 Å². The van der Waals surface area contributed by atoms with E-state index in [1.165, 1.54) is 6.07 Å². The highest BCUT2D eigenvalue weighted by molar-refractivity contribution is 6.20. The van der Waals surface area contributed by atoms with Crippen molar-refractivity contribution in [2.24, 2.45) is 0 Å². The number of alkyl halides is 1. The van der Waals surface area contributed by atoms with Gasteiger partial charge in [0.1, 0.15) is 0 Å². The molecule has 0 amide bonds. The first kappa shape index (κ1) is 12.0. The zero-order valence-electron chi connectivity index (χ0n) is 8.91. The minimum absolute atomic E-state index is 0.417. The highest BCUT2D eigenvalue weighted by atomic mass is 35.5. The number of rotatable bonds is 3. The minimum Gasteiger partial charge on any atom is -0.261 e. The predicted molar refractivity (Wildman–Crippen MR) is 62.9 cm³/mol. The average Bonchev–Trinajstić information content (AvgIpc) is 2.34. The van der Waals surface area contributed by atoms with E-state index in [2.05, 4.69) is 4.98 Å². The van der Waals surface area contributed by atoms with Crippen LogP contribution < -0.4 is 0 Å². The number of pyridine rings is 1. The number of benzene rings is 1. The van der Waals surface area contributed by atoms with Gasteiger partial charge in [-0.05, 0) is 29.8 Å². The molecule has 4 heteroatoms. The molecule has 2 aromatic rings. The first-order chi connectivity index (χ1) is 8.16. The van der Waals surface area contributed by atoms with Crippen molar-refractivity contribution in [3.63, 3.8) is 0 Å². The third-order valence-electron chi connectivity index (χ3n) is 2.42. The minimum atomic E-state index is -0.880. The van der Waals surface area contributed by atoms with Crippen molar-refractivity contribution in [2.45, 2.75) is 11.8 Å². The molecule has 0 saturated heterocycles. The Morgan fingerprint density at radius 2 is 1.94 bits per heavy atom. The van der Waals surface area contributed by atoms with E-state index in [0.29, 0.717) is 12.0 Å². The fourth-order valence-electron chi connectivity index (χ4n) is 1.53. The van der Waals surface area contributed by atoms with Gasteiger partial charge in [0, 0.05) is 18.3 Å². The van der Waals surface area contributed by atoms with Crippen LogP contribution in [0.4, 0.5) is 8.78 Å². The molecule has 0 spiro atoms. The summed E-state index contributed by atoms with van der Waals surface area (Å²) < 4.78 is 25.8. The van der Waals surface area contributed by atoms with Crippen LogP contribution in [0.25, 0.3) is 0 Å². The van der Waals surface area contributed by atoms with Gasteiger partial charge in [0.15, 0.2) is 11.6 Å². The molecule has 17 heavy (non-hydrogen) atoms. The van der Waals surface area contributed by atoms with Crippen molar-refractivity contribution in [3.8, 4) is 0 Å². The molecule has 1 aromatic carbocycles. The summed E-state index contributed by atoms with van der Waals surface area (Å²) in [5, 5.41) is -0.417. The summed E-state index contributed by atoms with van der Waals surface area (Å²) in [6.07, 6.45) is 2.15. The number of aromatic nitrogens is 1. The van der Waals surface area contributed by atoms with Gasteiger partial charge in [0.25, 0.3) is 0 Å². The molecule has 1 atom stereocenters. The molecule has 0 fully saturated rings. The number of hydrogen-bond acceptors (Lipinski definition) is 1. The average molecular weight is 254 g/mol. The lowest BCUT2D eigenvalue weighted by atomic mass is 10.1. The Morgan fingerprint density at radius 1 is 1.12 bits per heavy atom. The van der Waals surface area contributed by atoms with Gasteiger partial charge in [-0.15, -0.1) is 11.6 Å². The zero-order chi connectivity index (χ0) is 12.3. The Bertz CT molecular complexity index is 502. The highest BCUT2D eigenvalue weighted by Crippen LogP contribution is 2.25. The normalized spacial score (nSPS) is 12.4. The van der Waals surface area contributed by atoms with Crippen molar-refractivity contribution >= 4 is 11.6 Å². The fraction of sp³-hybridized carbons (Fsp3) is 0.154. The standard InChI is InChI=1S/C13H10ClF2N/c14-11(8-10-3-1-2-6-17-10)9-4-5-12(15)13(16)7-9/h1-7,11H,8H2. The molecule has 0 aliphatic heterocycles. The van der Waals surface area contributed by atoms with Crippen LogP contribution >= 0.6 is 11.6 Å². The summed E-state index contributed by atoms with van der Waals surface area (Å²) in [6.45, 7) is 0. The topological polar surface area (TPSA) is 12.9 Å². The van der Waals surface area contributed by atoms with Gasteiger partial charge in [-0.25, -0.2) is 8.78 Å². The molecule has 0 N–H and O–H groups in total. The number of halogens is 3. The van der Waals surface area contributed by atoms with E-state index in [0.717, 1.165) is 17.8 Å². The molecule has 0 bridgehead atoms. The second kappa shape index (κ2) is 5.23. The largest absolute Gasteiger partial charge is 0.261 e. The molecule has 88 valence electrons. The van der Waals surface area contributed by atoms with Gasteiger partial charge in [0.05, 0.1) is 5.38 Å². The van der Waals surface area contributed by atoms with Gasteiger partial charge in [-0.1, -0.05) is 12.1 Å². The maximum Gasteiger partial charge on any atom is 0.159 e. The molecule has 1 unspecified atom stereocenters. The fourth-order valence-corrected chi connectivity index (χ4v) is 1.82. The van der Waals surface area contributed by atoms with Crippen LogP contribution in [0, 0.1) is 11.6 Å². The molecule has 0 radical (unpaired) electrons. The Labute approximate surface area is 103 Å². The van der Waals surface area contributed by atoms with Gasteiger partial charge in [0.2, 0.25) is 0 Å². The van der Waals surface area contributed by atoms with Gasteiger partial charge in [-0.3, -0.25) is 4.98 Å². The molecular weight excluding hydrogens is 244 g/mol. The molecule has 0 aliphatic carbocycles. The Hall–Kier alpha value is -1.48. The third-order valence-corrected chi connectivity index (χ3v) is 2.83. The lowest BCUT2D eigenvalue weighted by Crippen LogP contribution is -1.99. The van der Waals surface area contributed by atoms with Crippen molar-refractivity contribution in [3.05, 3.63) is 65.5 Å². The predicted octanol–water partition coefficient (Wildman–Crippen LogP) is 3.88. The second-order valence-corrected chi connectivity index (χ2v) is 4.19. The van der Waals surface area contributed by atoms with E-state index < -0.39 is 17.0 Å². The summed E-state index contributed by atoms with van der Waals surface area (Å²) in [6, 6.07) is 9.20. The molecule has 1 heterocycles. The summed E-state index contributed by atoms with van der Waals surface area (Å²) in [5.41, 5.74) is 1.37. The van der Waals surface area contributed by atoms with E-state index in [1.54, 1.807) is 6.20 Å². The summed E-state index contributed by atoms with van der Waals surface area (Å²) >= 11 is 6.14. The van der Waals surface area contributed by atoms with Gasteiger partial charge in [-0.2, -0.15) is 0 Å². The van der Waals surface area contributed by atoms with Crippen molar-refractivity contribution < 1.29 is 8.78 Å². The molecular formula is C13H10ClF2N. The maximum atomic E-state index is 13.0. The zero-order valence-corrected chi connectivity index (χ0v) is 9.66. The van der Waals surface area contributed by atoms with Crippen molar-refractivity contribution in [1.29, 1.82) is 0 Å². The maximum absolute atomic E-state index is 13.0. The van der Waals surface area contributed by atoms with Crippen LogP contribution in [0.1, 0.15) is 16.6 Å². The van der Waals surface area contributed by atoms with E-state index in [1.807, 2.05) is 18.2 Å². The van der Waals surface area contributed by atoms with E-state index in [-0.39, 0.29) is 0 Å². The summed E-state index contributed by atoms with van der Waals surface area (Å²) in [4.78, 5) is 4.13. The highest BCUT2D eigenvalue weighted by Gasteiger charge is 2.12. The first-order valence-electron chi connectivity index (χ1n) is 5.16. The van der Waals surface area contributed by atoms with Crippen molar-refractivity contribution in [1.82, 2.24) is 4.98 Å². The Kier molecular flexibility index (Phi) is 3.69. The van der Waals surface area contributed by atoms with Crippen LogP contribution in [0.15, 0.2) is 42.6 Å². The number of nitrogens with zero attached hydrogens (tertiary/aromatic N) is 1. The second-order valence-electron chi connectivity index (χ2n) is 3.67. The van der Waals surface area contributed by atoms with Crippen LogP contribution in [0.2, 0.25) is 0 Å². The molecule has 0 aliphatic rings. The SMILES string of the molecule is Fc1ccc(C(Cl)Cc2ccccn2)cc1F. The summed E-state index contributed by atoms with van der Waals surface area (Å²) in [7, 11) is 0. The van der Waals surface area contributed by atoms with E-state index in [9.17, 15) is 8.78 Å². The third kappa shape index (κ3) is 3.01. The van der Waals surface area contributed by atoms with Crippen LogP contribution in [-0.4, -0.2) is 4.98 Å². The number of hydrogen-bond donors (Lipinski definition) is 0. The van der Waals surface area contributed by atoms with E-state index >= 15 is 0 Å². The Balaban J connectivity index is 2.14. The van der Waals surface area contributed by atoms with Gasteiger partial charge >= 0.3 is 0 Å². The van der Waals surface area contributed by atoms with Crippen molar-refractivity contribution in [2.75, 3.05) is 0 Å². The van der Waals surface area contributed by atoms with Crippen LogP contribution in [0.5, 0.6) is 0 Å². The first-order valence-corrected chi connectivity index (χ1v) is 5.59. The molecule has 0 saturated carbocycles. The lowest BCUT2D eigenvalue weighted by molar-refractivity contribution is 0.506. The lowest BCUT2D eigenvalue weighted by Gasteiger charge is -2.09. The molecule has 2 rings (SSSR count). The molecule has 1 aromatic heterocycles. The van der Waals surface area contributed by atoms with Crippen LogP contribution in [-0.2, 0) is 6.42 Å².